The summed E-state index contributed by atoms with van der Waals surface area (Å²) < 4.78 is 5.93. The summed E-state index contributed by atoms with van der Waals surface area (Å²) >= 11 is 2.00. The minimum atomic E-state index is 0.435. The standard InChI is InChI=1S/C16H25NOS/c1-4-19-11-13(3)17-15-9-6-10-18-16-12(2)7-5-8-14(15)16/h5,7-8,13,15,17H,4,6,9-11H2,1-3H3. The summed E-state index contributed by atoms with van der Waals surface area (Å²) in [6.07, 6.45) is 2.29. The summed E-state index contributed by atoms with van der Waals surface area (Å²) in [5, 5.41) is 3.78. The number of hydrogen-bond acceptors (Lipinski definition) is 3. The van der Waals surface area contributed by atoms with Gasteiger partial charge in [-0.3, -0.25) is 0 Å². The highest BCUT2D eigenvalue weighted by molar-refractivity contribution is 7.99. The number of ether oxygens (including phenoxy) is 1. The molecule has 0 aliphatic carbocycles. The van der Waals surface area contributed by atoms with Crippen LogP contribution in [-0.2, 0) is 0 Å². The highest BCUT2D eigenvalue weighted by atomic mass is 32.2. The molecule has 0 amide bonds. The first-order chi connectivity index (χ1) is 9.22. The van der Waals surface area contributed by atoms with Crippen LogP contribution in [0.5, 0.6) is 5.75 Å². The van der Waals surface area contributed by atoms with Gasteiger partial charge in [0, 0.05) is 23.4 Å². The summed E-state index contributed by atoms with van der Waals surface area (Å²) in [5.41, 5.74) is 2.59. The van der Waals surface area contributed by atoms with Gasteiger partial charge in [0.05, 0.1) is 6.61 Å². The number of nitrogens with one attached hydrogen (secondary N) is 1. The van der Waals surface area contributed by atoms with E-state index in [4.69, 9.17) is 4.74 Å². The molecule has 2 unspecified atom stereocenters. The average Bonchev–Trinajstić information content (AvgIpc) is 2.60. The van der Waals surface area contributed by atoms with Crippen LogP contribution in [-0.4, -0.2) is 24.2 Å². The number of aryl methyl sites for hydroxylation is 1. The van der Waals surface area contributed by atoms with Crippen molar-refractivity contribution in [1.29, 1.82) is 0 Å². The highest BCUT2D eigenvalue weighted by Gasteiger charge is 2.21. The first-order valence-corrected chi connectivity index (χ1v) is 8.44. The van der Waals surface area contributed by atoms with Gasteiger partial charge >= 0.3 is 0 Å². The molecule has 1 aromatic carbocycles. The molecule has 1 N–H and O–H groups in total. The van der Waals surface area contributed by atoms with Gasteiger partial charge in [-0.15, -0.1) is 0 Å². The summed E-state index contributed by atoms with van der Waals surface area (Å²) in [5.74, 6) is 3.47. The lowest BCUT2D eigenvalue weighted by Gasteiger charge is -2.23. The molecule has 1 heterocycles. The van der Waals surface area contributed by atoms with Gasteiger partial charge in [-0.25, -0.2) is 0 Å². The molecular weight excluding hydrogens is 254 g/mol. The number of para-hydroxylation sites is 1. The third kappa shape index (κ3) is 3.90. The second kappa shape index (κ2) is 7.20. The van der Waals surface area contributed by atoms with Crippen molar-refractivity contribution in [2.45, 2.75) is 45.7 Å². The predicted octanol–water partition coefficient (Wildman–Crippen LogP) is 3.94. The van der Waals surface area contributed by atoms with E-state index in [0.717, 1.165) is 25.2 Å². The van der Waals surface area contributed by atoms with Gasteiger partial charge < -0.3 is 10.1 Å². The number of benzene rings is 1. The molecule has 0 saturated carbocycles. The lowest BCUT2D eigenvalue weighted by molar-refractivity contribution is 0.313. The Morgan fingerprint density at radius 2 is 2.32 bits per heavy atom. The Balaban J connectivity index is 2.11. The van der Waals surface area contributed by atoms with Gasteiger partial charge in [0.15, 0.2) is 0 Å². The first-order valence-electron chi connectivity index (χ1n) is 7.28. The van der Waals surface area contributed by atoms with Crippen molar-refractivity contribution < 1.29 is 4.74 Å². The topological polar surface area (TPSA) is 21.3 Å². The van der Waals surface area contributed by atoms with Crippen LogP contribution in [0.4, 0.5) is 0 Å². The van der Waals surface area contributed by atoms with E-state index < -0.39 is 0 Å². The molecule has 0 fully saturated rings. The molecule has 2 atom stereocenters. The third-order valence-electron chi connectivity index (χ3n) is 3.56. The van der Waals surface area contributed by atoms with Crippen molar-refractivity contribution >= 4 is 11.8 Å². The SMILES string of the molecule is CCSCC(C)NC1CCCOc2c(C)cccc21. The molecule has 0 spiro atoms. The molecule has 3 heteroatoms. The Morgan fingerprint density at radius 3 is 3.11 bits per heavy atom. The zero-order valence-corrected chi connectivity index (χ0v) is 13.1. The van der Waals surface area contributed by atoms with Crippen LogP contribution in [0, 0.1) is 6.92 Å². The van der Waals surface area contributed by atoms with Crippen molar-refractivity contribution in [3.8, 4) is 5.75 Å². The number of thioether (sulfide) groups is 1. The minimum absolute atomic E-state index is 0.435. The molecule has 1 aliphatic rings. The summed E-state index contributed by atoms with van der Waals surface area (Å²) in [4.78, 5) is 0. The molecular formula is C16H25NOS. The first kappa shape index (κ1) is 14.7. The monoisotopic (exact) mass is 279 g/mol. The largest absolute Gasteiger partial charge is 0.493 e. The van der Waals surface area contributed by atoms with Crippen LogP contribution in [0.15, 0.2) is 18.2 Å². The fraction of sp³-hybridized carbons (Fsp3) is 0.625. The number of fused-ring (bicyclic) bond motifs is 1. The van der Waals surface area contributed by atoms with Crippen molar-refractivity contribution in [1.82, 2.24) is 5.32 Å². The highest BCUT2D eigenvalue weighted by Crippen LogP contribution is 2.34. The maximum absolute atomic E-state index is 5.93. The van der Waals surface area contributed by atoms with Gasteiger partial charge in [0.2, 0.25) is 0 Å². The van der Waals surface area contributed by atoms with E-state index in [9.17, 15) is 0 Å². The Kier molecular flexibility index (Phi) is 5.59. The average molecular weight is 279 g/mol. The fourth-order valence-corrected chi connectivity index (χ4v) is 3.31. The molecule has 106 valence electrons. The third-order valence-corrected chi connectivity index (χ3v) is 4.70. The molecule has 1 aromatic rings. The Bertz CT molecular complexity index is 408. The van der Waals surface area contributed by atoms with E-state index >= 15 is 0 Å². The predicted molar refractivity (Wildman–Crippen MR) is 84.2 cm³/mol. The van der Waals surface area contributed by atoms with Crippen LogP contribution in [0.1, 0.15) is 43.9 Å². The smallest absolute Gasteiger partial charge is 0.126 e. The number of hydrogen-bond donors (Lipinski definition) is 1. The van der Waals surface area contributed by atoms with Gasteiger partial charge in [-0.2, -0.15) is 11.8 Å². The zero-order chi connectivity index (χ0) is 13.7. The molecule has 1 aliphatic heterocycles. The fourth-order valence-electron chi connectivity index (χ4n) is 2.62. The molecule has 2 rings (SSSR count). The van der Waals surface area contributed by atoms with Crippen molar-refractivity contribution in [3.63, 3.8) is 0 Å². The lowest BCUT2D eigenvalue weighted by atomic mass is 9.99. The molecule has 0 aromatic heterocycles. The van der Waals surface area contributed by atoms with Crippen LogP contribution in [0.2, 0.25) is 0 Å². The van der Waals surface area contributed by atoms with Gasteiger partial charge in [0.25, 0.3) is 0 Å². The normalized spacial score (nSPS) is 20.3. The summed E-state index contributed by atoms with van der Waals surface area (Å²) in [6.45, 7) is 7.48. The second-order valence-corrected chi connectivity index (χ2v) is 6.58. The summed E-state index contributed by atoms with van der Waals surface area (Å²) in [7, 11) is 0. The van der Waals surface area contributed by atoms with Crippen LogP contribution in [0.25, 0.3) is 0 Å². The Hall–Kier alpha value is -0.670. The van der Waals surface area contributed by atoms with Crippen LogP contribution < -0.4 is 10.1 Å². The van der Waals surface area contributed by atoms with Crippen molar-refractivity contribution in [2.24, 2.45) is 0 Å². The molecule has 0 saturated heterocycles. The van der Waals surface area contributed by atoms with Gasteiger partial charge in [-0.05, 0) is 38.0 Å². The Morgan fingerprint density at radius 1 is 1.47 bits per heavy atom. The van der Waals surface area contributed by atoms with Crippen LogP contribution in [0.3, 0.4) is 0 Å². The number of rotatable bonds is 5. The Labute approximate surface area is 121 Å². The van der Waals surface area contributed by atoms with E-state index in [-0.39, 0.29) is 0 Å². The van der Waals surface area contributed by atoms with Gasteiger partial charge in [0.1, 0.15) is 5.75 Å². The second-order valence-electron chi connectivity index (χ2n) is 5.26. The molecule has 0 bridgehead atoms. The molecule has 19 heavy (non-hydrogen) atoms. The van der Waals surface area contributed by atoms with Crippen molar-refractivity contribution in [3.05, 3.63) is 29.3 Å². The van der Waals surface area contributed by atoms with E-state index in [2.05, 4.69) is 44.3 Å². The van der Waals surface area contributed by atoms with Crippen molar-refractivity contribution in [2.75, 3.05) is 18.1 Å². The quantitative estimate of drug-likeness (QED) is 0.882. The van der Waals surface area contributed by atoms with Crippen LogP contribution >= 0.6 is 11.8 Å². The maximum atomic E-state index is 5.93. The molecule has 0 radical (unpaired) electrons. The van der Waals surface area contributed by atoms with Gasteiger partial charge in [-0.1, -0.05) is 25.1 Å². The lowest BCUT2D eigenvalue weighted by Crippen LogP contribution is -2.32. The minimum Gasteiger partial charge on any atom is -0.493 e. The maximum Gasteiger partial charge on any atom is 0.126 e. The van der Waals surface area contributed by atoms with E-state index in [0.29, 0.717) is 12.1 Å². The summed E-state index contributed by atoms with van der Waals surface area (Å²) in [6, 6.07) is 7.47. The molecule has 2 nitrogen and oxygen atoms in total. The van der Waals surface area contributed by atoms with E-state index in [1.807, 2.05) is 11.8 Å². The zero-order valence-electron chi connectivity index (χ0n) is 12.2. The van der Waals surface area contributed by atoms with E-state index in [1.165, 1.54) is 22.6 Å². The van der Waals surface area contributed by atoms with E-state index in [1.54, 1.807) is 0 Å².